The van der Waals surface area contributed by atoms with Gasteiger partial charge in [-0.25, -0.2) is 0 Å². The van der Waals surface area contributed by atoms with Gasteiger partial charge >= 0.3 is 0 Å². The van der Waals surface area contributed by atoms with Crippen LogP contribution in [0.3, 0.4) is 0 Å². The molecule has 1 aliphatic rings. The van der Waals surface area contributed by atoms with Crippen molar-refractivity contribution in [2.24, 2.45) is 5.92 Å². The summed E-state index contributed by atoms with van der Waals surface area (Å²) in [6, 6.07) is 6.10. The van der Waals surface area contributed by atoms with Crippen LogP contribution < -0.4 is 10.6 Å². The van der Waals surface area contributed by atoms with Crippen molar-refractivity contribution in [1.82, 2.24) is 5.32 Å². The molecule has 1 aromatic rings. The SMILES string of the molecule is Cc1ccc(C)c(NC(=O)C2CNC2)c1. The average molecular weight is 204 g/mol. The molecule has 1 aromatic carbocycles. The number of carbonyl (C=O) groups is 1. The summed E-state index contributed by atoms with van der Waals surface area (Å²) < 4.78 is 0. The Kier molecular flexibility index (Phi) is 2.73. The molecule has 1 amide bonds. The molecule has 0 aromatic heterocycles. The van der Waals surface area contributed by atoms with Crippen LogP contribution in [-0.4, -0.2) is 19.0 Å². The predicted molar refractivity (Wildman–Crippen MR) is 60.9 cm³/mol. The first-order valence-corrected chi connectivity index (χ1v) is 5.25. The van der Waals surface area contributed by atoms with Crippen molar-refractivity contribution in [2.75, 3.05) is 18.4 Å². The van der Waals surface area contributed by atoms with Crippen molar-refractivity contribution < 1.29 is 4.79 Å². The van der Waals surface area contributed by atoms with Crippen molar-refractivity contribution in [1.29, 1.82) is 0 Å². The molecule has 80 valence electrons. The molecule has 3 nitrogen and oxygen atoms in total. The van der Waals surface area contributed by atoms with Crippen LogP contribution >= 0.6 is 0 Å². The topological polar surface area (TPSA) is 41.1 Å². The van der Waals surface area contributed by atoms with Crippen LogP contribution in [0.5, 0.6) is 0 Å². The Labute approximate surface area is 89.9 Å². The lowest BCUT2D eigenvalue weighted by atomic mass is 10.0. The number of rotatable bonds is 2. The van der Waals surface area contributed by atoms with Gasteiger partial charge in [0.2, 0.25) is 5.91 Å². The minimum absolute atomic E-state index is 0.127. The second-order valence-corrected chi connectivity index (χ2v) is 4.16. The summed E-state index contributed by atoms with van der Waals surface area (Å²) in [5.74, 6) is 0.271. The van der Waals surface area contributed by atoms with Gasteiger partial charge in [-0.2, -0.15) is 0 Å². The average Bonchev–Trinajstić information content (AvgIpc) is 2.08. The third-order valence-electron chi connectivity index (χ3n) is 2.80. The van der Waals surface area contributed by atoms with E-state index in [2.05, 4.69) is 16.7 Å². The van der Waals surface area contributed by atoms with E-state index >= 15 is 0 Å². The normalized spacial score (nSPS) is 15.9. The summed E-state index contributed by atoms with van der Waals surface area (Å²) in [5, 5.41) is 6.07. The summed E-state index contributed by atoms with van der Waals surface area (Å²) >= 11 is 0. The number of aryl methyl sites for hydroxylation is 2. The summed E-state index contributed by atoms with van der Waals surface area (Å²) in [6.07, 6.45) is 0. The largest absolute Gasteiger partial charge is 0.326 e. The molecule has 1 saturated heterocycles. The highest BCUT2D eigenvalue weighted by molar-refractivity contribution is 5.94. The third kappa shape index (κ3) is 2.18. The van der Waals surface area contributed by atoms with Gasteiger partial charge < -0.3 is 10.6 Å². The lowest BCUT2D eigenvalue weighted by molar-refractivity contribution is -0.121. The standard InChI is InChI=1S/C12H16N2O/c1-8-3-4-9(2)11(5-8)14-12(15)10-6-13-7-10/h3-5,10,13H,6-7H2,1-2H3,(H,14,15). The van der Waals surface area contributed by atoms with Gasteiger partial charge in [-0.1, -0.05) is 12.1 Å². The Morgan fingerprint density at radius 1 is 1.40 bits per heavy atom. The van der Waals surface area contributed by atoms with Gasteiger partial charge in [-0.15, -0.1) is 0 Å². The van der Waals surface area contributed by atoms with Crippen LogP contribution in [0.1, 0.15) is 11.1 Å². The van der Waals surface area contributed by atoms with Crippen molar-refractivity contribution in [3.05, 3.63) is 29.3 Å². The fourth-order valence-electron chi connectivity index (χ4n) is 1.58. The van der Waals surface area contributed by atoms with Gasteiger partial charge in [0.15, 0.2) is 0 Å². The van der Waals surface area contributed by atoms with Crippen LogP contribution in [0.15, 0.2) is 18.2 Å². The number of nitrogens with one attached hydrogen (secondary N) is 2. The highest BCUT2D eigenvalue weighted by Crippen LogP contribution is 2.17. The number of hydrogen-bond donors (Lipinski definition) is 2. The summed E-state index contributed by atoms with van der Waals surface area (Å²) in [5.41, 5.74) is 3.22. The van der Waals surface area contributed by atoms with Crippen LogP contribution in [0, 0.1) is 19.8 Å². The fourth-order valence-corrected chi connectivity index (χ4v) is 1.58. The Balaban J connectivity index is 2.09. The van der Waals surface area contributed by atoms with Crippen LogP contribution in [0.2, 0.25) is 0 Å². The highest BCUT2D eigenvalue weighted by Gasteiger charge is 2.24. The highest BCUT2D eigenvalue weighted by atomic mass is 16.2. The van der Waals surface area contributed by atoms with Gasteiger partial charge in [0.25, 0.3) is 0 Å². The molecule has 0 aliphatic carbocycles. The molecule has 0 spiro atoms. The number of benzene rings is 1. The smallest absolute Gasteiger partial charge is 0.230 e. The maximum atomic E-state index is 11.7. The zero-order valence-corrected chi connectivity index (χ0v) is 9.13. The minimum atomic E-state index is 0.127. The van der Waals surface area contributed by atoms with Gasteiger partial charge in [0.05, 0.1) is 5.92 Å². The summed E-state index contributed by atoms with van der Waals surface area (Å²) in [6.45, 7) is 5.64. The van der Waals surface area contributed by atoms with Crippen LogP contribution in [0.4, 0.5) is 5.69 Å². The molecule has 3 heteroatoms. The second kappa shape index (κ2) is 4.03. The van der Waals surface area contributed by atoms with Gasteiger partial charge in [-0.05, 0) is 31.0 Å². The number of anilines is 1. The molecule has 0 atom stereocenters. The van der Waals surface area contributed by atoms with Crippen LogP contribution in [-0.2, 0) is 4.79 Å². The Morgan fingerprint density at radius 2 is 2.13 bits per heavy atom. The van der Waals surface area contributed by atoms with Gasteiger partial charge in [0.1, 0.15) is 0 Å². The van der Waals surface area contributed by atoms with E-state index in [1.165, 1.54) is 5.56 Å². The van der Waals surface area contributed by atoms with E-state index < -0.39 is 0 Å². The molecule has 0 radical (unpaired) electrons. The van der Waals surface area contributed by atoms with E-state index in [9.17, 15) is 4.79 Å². The first-order chi connectivity index (χ1) is 7.16. The molecule has 2 N–H and O–H groups in total. The van der Waals surface area contributed by atoms with Crippen LogP contribution in [0.25, 0.3) is 0 Å². The molecule has 0 saturated carbocycles. The quantitative estimate of drug-likeness (QED) is 0.765. The molecule has 15 heavy (non-hydrogen) atoms. The zero-order chi connectivity index (χ0) is 10.8. The predicted octanol–water partition coefficient (Wildman–Crippen LogP) is 1.46. The van der Waals surface area contributed by atoms with E-state index in [1.807, 2.05) is 26.0 Å². The second-order valence-electron chi connectivity index (χ2n) is 4.16. The lowest BCUT2D eigenvalue weighted by Crippen LogP contribution is -2.48. The molecule has 1 heterocycles. The Hall–Kier alpha value is -1.35. The number of carbonyl (C=O) groups excluding carboxylic acids is 1. The lowest BCUT2D eigenvalue weighted by Gasteiger charge is -2.26. The van der Waals surface area contributed by atoms with E-state index in [4.69, 9.17) is 0 Å². The molecule has 1 aliphatic heterocycles. The maximum absolute atomic E-state index is 11.7. The molecule has 0 bridgehead atoms. The van der Waals surface area contributed by atoms with Crippen molar-refractivity contribution in [2.45, 2.75) is 13.8 Å². The molecular formula is C12H16N2O. The van der Waals surface area contributed by atoms with Crippen molar-refractivity contribution in [3.63, 3.8) is 0 Å². The van der Waals surface area contributed by atoms with Crippen molar-refractivity contribution in [3.8, 4) is 0 Å². The Morgan fingerprint density at radius 3 is 2.73 bits per heavy atom. The number of amides is 1. The van der Waals surface area contributed by atoms with E-state index in [1.54, 1.807) is 0 Å². The first kappa shape index (κ1) is 10.2. The van der Waals surface area contributed by atoms with E-state index in [0.717, 1.165) is 24.3 Å². The minimum Gasteiger partial charge on any atom is -0.326 e. The Bertz CT molecular complexity index is 383. The van der Waals surface area contributed by atoms with Gasteiger partial charge in [-0.3, -0.25) is 4.79 Å². The molecule has 0 unspecified atom stereocenters. The molecule has 1 fully saturated rings. The first-order valence-electron chi connectivity index (χ1n) is 5.25. The monoisotopic (exact) mass is 204 g/mol. The third-order valence-corrected chi connectivity index (χ3v) is 2.80. The number of hydrogen-bond acceptors (Lipinski definition) is 2. The van der Waals surface area contributed by atoms with Gasteiger partial charge in [0, 0.05) is 18.8 Å². The molecule has 2 rings (SSSR count). The summed E-state index contributed by atoms with van der Waals surface area (Å²) in [4.78, 5) is 11.7. The maximum Gasteiger partial charge on any atom is 0.230 e. The van der Waals surface area contributed by atoms with E-state index in [-0.39, 0.29) is 11.8 Å². The zero-order valence-electron chi connectivity index (χ0n) is 9.13. The molecular weight excluding hydrogens is 188 g/mol. The van der Waals surface area contributed by atoms with E-state index in [0.29, 0.717) is 0 Å². The summed E-state index contributed by atoms with van der Waals surface area (Å²) in [7, 11) is 0. The fraction of sp³-hybridized carbons (Fsp3) is 0.417. The van der Waals surface area contributed by atoms with Crippen molar-refractivity contribution >= 4 is 11.6 Å².